The lowest BCUT2D eigenvalue weighted by Gasteiger charge is -2.30. The number of rotatable bonds is 6. The van der Waals surface area contributed by atoms with Crippen LogP contribution in [0.4, 0.5) is 0 Å². The van der Waals surface area contributed by atoms with Gasteiger partial charge in [-0.1, -0.05) is 0 Å². The van der Waals surface area contributed by atoms with Crippen LogP contribution in [0.2, 0.25) is 0 Å². The largest absolute Gasteiger partial charge is 0.493 e. The number of fused-ring (bicyclic) bond motifs is 1. The maximum absolute atomic E-state index is 5.79. The van der Waals surface area contributed by atoms with Crippen LogP contribution in [0.1, 0.15) is 38.3 Å². The summed E-state index contributed by atoms with van der Waals surface area (Å²) in [6.45, 7) is 10.3. The SMILES string of the molecule is COc1cc2c(cc1OC)CN(CCCOC(C)(C)C)CC2. The Kier molecular flexibility index (Phi) is 5.70. The fraction of sp³-hybridized carbons (Fsp3) is 0.667. The van der Waals surface area contributed by atoms with E-state index in [2.05, 4.69) is 37.8 Å². The van der Waals surface area contributed by atoms with Crippen LogP contribution in [-0.4, -0.2) is 44.4 Å². The average molecular weight is 307 g/mol. The van der Waals surface area contributed by atoms with Gasteiger partial charge in [-0.25, -0.2) is 0 Å². The van der Waals surface area contributed by atoms with E-state index in [0.717, 1.165) is 50.6 Å². The summed E-state index contributed by atoms with van der Waals surface area (Å²) >= 11 is 0. The lowest BCUT2D eigenvalue weighted by atomic mass is 9.98. The Morgan fingerprint density at radius 2 is 1.68 bits per heavy atom. The van der Waals surface area contributed by atoms with Gasteiger partial charge < -0.3 is 14.2 Å². The quantitative estimate of drug-likeness (QED) is 0.755. The number of methoxy groups -OCH3 is 2. The summed E-state index contributed by atoms with van der Waals surface area (Å²) in [7, 11) is 3.38. The van der Waals surface area contributed by atoms with Gasteiger partial charge in [0.1, 0.15) is 0 Å². The van der Waals surface area contributed by atoms with Gasteiger partial charge in [0.05, 0.1) is 19.8 Å². The van der Waals surface area contributed by atoms with Gasteiger partial charge in [-0.05, 0) is 56.9 Å². The molecule has 0 atom stereocenters. The minimum atomic E-state index is -0.0432. The minimum absolute atomic E-state index is 0.0432. The molecule has 124 valence electrons. The molecule has 1 aliphatic heterocycles. The monoisotopic (exact) mass is 307 g/mol. The van der Waals surface area contributed by atoms with Crippen molar-refractivity contribution in [3.8, 4) is 11.5 Å². The fourth-order valence-corrected chi connectivity index (χ4v) is 2.80. The third kappa shape index (κ3) is 4.62. The molecule has 1 aromatic rings. The summed E-state index contributed by atoms with van der Waals surface area (Å²) in [4.78, 5) is 2.49. The highest BCUT2D eigenvalue weighted by atomic mass is 16.5. The molecule has 0 unspecified atom stereocenters. The molecule has 4 heteroatoms. The van der Waals surface area contributed by atoms with Gasteiger partial charge in [0.15, 0.2) is 11.5 Å². The number of ether oxygens (including phenoxy) is 3. The van der Waals surface area contributed by atoms with Crippen molar-refractivity contribution < 1.29 is 14.2 Å². The molecular formula is C18H29NO3. The molecule has 0 fully saturated rings. The van der Waals surface area contributed by atoms with Gasteiger partial charge in [0, 0.05) is 26.2 Å². The zero-order chi connectivity index (χ0) is 16.2. The minimum Gasteiger partial charge on any atom is -0.493 e. The fourth-order valence-electron chi connectivity index (χ4n) is 2.80. The van der Waals surface area contributed by atoms with Crippen LogP contribution < -0.4 is 9.47 Å². The molecule has 0 N–H and O–H groups in total. The predicted octanol–water partition coefficient (Wildman–Crippen LogP) is 3.27. The maximum atomic E-state index is 5.79. The lowest BCUT2D eigenvalue weighted by molar-refractivity contribution is -0.00729. The number of benzene rings is 1. The van der Waals surface area contributed by atoms with E-state index in [1.807, 2.05) is 0 Å². The topological polar surface area (TPSA) is 30.9 Å². The molecule has 0 saturated heterocycles. The molecule has 22 heavy (non-hydrogen) atoms. The predicted molar refractivity (Wildman–Crippen MR) is 88.8 cm³/mol. The van der Waals surface area contributed by atoms with Crippen molar-refractivity contribution in [3.63, 3.8) is 0 Å². The van der Waals surface area contributed by atoms with Gasteiger partial charge >= 0.3 is 0 Å². The summed E-state index contributed by atoms with van der Waals surface area (Å²) < 4.78 is 16.6. The molecule has 4 nitrogen and oxygen atoms in total. The molecular weight excluding hydrogens is 278 g/mol. The summed E-state index contributed by atoms with van der Waals surface area (Å²) in [5.41, 5.74) is 2.68. The van der Waals surface area contributed by atoms with Crippen molar-refractivity contribution in [2.45, 2.75) is 45.8 Å². The molecule has 0 aromatic heterocycles. The first kappa shape index (κ1) is 17.1. The molecule has 2 rings (SSSR count). The second-order valence-electron chi connectivity index (χ2n) is 6.82. The molecule has 0 radical (unpaired) electrons. The molecule has 0 spiro atoms. The van der Waals surface area contributed by atoms with Gasteiger partial charge in [-0.15, -0.1) is 0 Å². The van der Waals surface area contributed by atoms with Crippen molar-refractivity contribution >= 4 is 0 Å². The Morgan fingerprint density at radius 3 is 2.27 bits per heavy atom. The second kappa shape index (κ2) is 7.34. The molecule has 1 aliphatic rings. The smallest absolute Gasteiger partial charge is 0.161 e. The highest BCUT2D eigenvalue weighted by Gasteiger charge is 2.19. The Bertz CT molecular complexity index is 494. The van der Waals surface area contributed by atoms with Crippen LogP contribution in [0, 0.1) is 0 Å². The molecule has 1 heterocycles. The lowest BCUT2D eigenvalue weighted by Crippen LogP contribution is -2.32. The van der Waals surface area contributed by atoms with Crippen molar-refractivity contribution in [3.05, 3.63) is 23.3 Å². The number of hydrogen-bond acceptors (Lipinski definition) is 4. The zero-order valence-electron chi connectivity index (χ0n) is 14.6. The Labute approximate surface area is 134 Å². The van der Waals surface area contributed by atoms with Crippen molar-refractivity contribution in [1.82, 2.24) is 4.90 Å². The summed E-state index contributed by atoms with van der Waals surface area (Å²) in [6, 6.07) is 4.24. The summed E-state index contributed by atoms with van der Waals surface area (Å²) in [6.07, 6.45) is 2.13. The van der Waals surface area contributed by atoms with E-state index in [0.29, 0.717) is 0 Å². The normalized spacial score (nSPS) is 15.5. The van der Waals surface area contributed by atoms with E-state index in [-0.39, 0.29) is 5.60 Å². The summed E-state index contributed by atoms with van der Waals surface area (Å²) in [5, 5.41) is 0. The van der Waals surface area contributed by atoms with Gasteiger partial charge in [0.2, 0.25) is 0 Å². The third-order valence-electron chi connectivity index (χ3n) is 3.95. The van der Waals surface area contributed by atoms with E-state index in [4.69, 9.17) is 14.2 Å². The van der Waals surface area contributed by atoms with Crippen molar-refractivity contribution in [2.24, 2.45) is 0 Å². The first-order valence-corrected chi connectivity index (χ1v) is 8.03. The highest BCUT2D eigenvalue weighted by molar-refractivity contribution is 5.48. The highest BCUT2D eigenvalue weighted by Crippen LogP contribution is 2.33. The van der Waals surface area contributed by atoms with Gasteiger partial charge in [0.25, 0.3) is 0 Å². The molecule has 0 amide bonds. The van der Waals surface area contributed by atoms with Crippen LogP contribution >= 0.6 is 0 Å². The first-order chi connectivity index (χ1) is 10.4. The van der Waals surface area contributed by atoms with Crippen molar-refractivity contribution in [2.75, 3.05) is 33.9 Å². The molecule has 0 aliphatic carbocycles. The van der Waals surface area contributed by atoms with Gasteiger partial charge in [-0.3, -0.25) is 4.90 Å². The number of nitrogens with zero attached hydrogens (tertiary/aromatic N) is 1. The Balaban J connectivity index is 1.91. The van der Waals surface area contributed by atoms with Crippen molar-refractivity contribution in [1.29, 1.82) is 0 Å². The average Bonchev–Trinajstić information content (AvgIpc) is 2.49. The van der Waals surface area contributed by atoms with Crippen LogP contribution in [-0.2, 0) is 17.7 Å². The second-order valence-corrected chi connectivity index (χ2v) is 6.82. The van der Waals surface area contributed by atoms with E-state index in [1.165, 1.54) is 11.1 Å². The zero-order valence-corrected chi connectivity index (χ0v) is 14.6. The van der Waals surface area contributed by atoms with E-state index in [1.54, 1.807) is 14.2 Å². The van der Waals surface area contributed by atoms with Crippen LogP contribution in [0.3, 0.4) is 0 Å². The van der Waals surface area contributed by atoms with E-state index >= 15 is 0 Å². The van der Waals surface area contributed by atoms with Crippen LogP contribution in [0.25, 0.3) is 0 Å². The number of hydrogen-bond donors (Lipinski definition) is 0. The van der Waals surface area contributed by atoms with E-state index in [9.17, 15) is 0 Å². The molecule has 0 bridgehead atoms. The molecule has 0 saturated carbocycles. The summed E-state index contributed by atoms with van der Waals surface area (Å²) in [5.74, 6) is 1.65. The Morgan fingerprint density at radius 1 is 1.05 bits per heavy atom. The van der Waals surface area contributed by atoms with E-state index < -0.39 is 0 Å². The van der Waals surface area contributed by atoms with Crippen LogP contribution in [0.15, 0.2) is 12.1 Å². The molecule has 1 aromatic carbocycles. The first-order valence-electron chi connectivity index (χ1n) is 8.03. The Hall–Kier alpha value is -1.26. The maximum Gasteiger partial charge on any atom is 0.161 e. The third-order valence-corrected chi connectivity index (χ3v) is 3.95. The van der Waals surface area contributed by atoms with Gasteiger partial charge in [-0.2, -0.15) is 0 Å². The van der Waals surface area contributed by atoms with Crippen LogP contribution in [0.5, 0.6) is 11.5 Å². The standard InChI is InChI=1S/C18H29NO3/c1-18(2,3)22-10-6-8-19-9-7-14-11-16(20-4)17(21-5)12-15(14)13-19/h11-12H,6-10,13H2,1-5H3.